The average molecular weight is 457 g/mol. The molecule has 2 aliphatic rings. The van der Waals surface area contributed by atoms with E-state index in [0.717, 1.165) is 0 Å². The van der Waals surface area contributed by atoms with Crippen LogP contribution in [-0.2, 0) is 18.6 Å². The van der Waals surface area contributed by atoms with Crippen LogP contribution < -0.4 is 0 Å². The molecule has 0 aromatic carbocycles. The van der Waals surface area contributed by atoms with Gasteiger partial charge < -0.3 is 54.4 Å². The Balaban J connectivity index is 2.12. The molecule has 0 amide bonds. The van der Waals surface area contributed by atoms with Gasteiger partial charge in [0, 0.05) is 0 Å². The first-order chi connectivity index (χ1) is 13.7. The van der Waals surface area contributed by atoms with Gasteiger partial charge in [-0.15, -0.1) is 0 Å². The molecule has 2 fully saturated rings. The second-order valence-corrected chi connectivity index (χ2v) is 14.2. The first-order valence-electron chi connectivity index (χ1n) is 10.0. The van der Waals surface area contributed by atoms with Crippen molar-refractivity contribution in [3.05, 3.63) is 0 Å². The Labute approximate surface area is 176 Å². The highest BCUT2D eigenvalue weighted by atomic mass is 28.4. The zero-order chi connectivity index (χ0) is 23.0. The van der Waals surface area contributed by atoms with Gasteiger partial charge >= 0.3 is 0 Å². The monoisotopic (exact) mass is 456 g/mol. The SMILES string of the molecule is CC(C)(C)[Si](C)(C)OC[C@H]1O[C@@H](O[C@H]2[C@H](O)[C@@H](O)[C@@H](O)O[C@@H]2CO)[C@H](O)[C@@H](O)[C@H]1O. The highest BCUT2D eigenvalue weighted by molar-refractivity contribution is 6.74. The zero-order valence-corrected chi connectivity index (χ0v) is 19.0. The maximum atomic E-state index is 10.3. The van der Waals surface area contributed by atoms with Crippen molar-refractivity contribution in [1.82, 2.24) is 0 Å². The molecule has 7 N–H and O–H groups in total. The molecular weight excluding hydrogens is 420 g/mol. The van der Waals surface area contributed by atoms with Gasteiger partial charge in [-0.1, -0.05) is 20.8 Å². The summed E-state index contributed by atoms with van der Waals surface area (Å²) in [6.07, 6.45) is -15.0. The summed E-state index contributed by atoms with van der Waals surface area (Å²) in [5.74, 6) is 0. The van der Waals surface area contributed by atoms with Gasteiger partial charge in [0.25, 0.3) is 0 Å². The Bertz CT molecular complexity index is 555. The molecule has 2 saturated heterocycles. The molecule has 11 nitrogen and oxygen atoms in total. The molecule has 0 unspecified atom stereocenters. The fourth-order valence-electron chi connectivity index (χ4n) is 3.06. The minimum absolute atomic E-state index is 0.0597. The van der Waals surface area contributed by atoms with Crippen molar-refractivity contribution >= 4 is 8.32 Å². The van der Waals surface area contributed by atoms with Crippen LogP contribution in [0.3, 0.4) is 0 Å². The molecule has 0 radical (unpaired) electrons. The van der Waals surface area contributed by atoms with Gasteiger partial charge in [0.05, 0.1) is 13.2 Å². The number of ether oxygens (including phenoxy) is 3. The van der Waals surface area contributed by atoms with E-state index in [9.17, 15) is 35.7 Å². The third kappa shape index (κ3) is 5.39. The number of aliphatic hydroxyl groups is 7. The van der Waals surface area contributed by atoms with Crippen molar-refractivity contribution in [2.75, 3.05) is 13.2 Å². The van der Waals surface area contributed by atoms with Crippen molar-refractivity contribution < 1.29 is 54.4 Å². The molecule has 0 aromatic rings. The molecule has 0 saturated carbocycles. The summed E-state index contributed by atoms with van der Waals surface area (Å²) >= 11 is 0. The standard InChI is InChI=1S/C18H36O11Si/c1-18(2,3)30(4,5)26-7-9-10(20)11(21)14(24)17(28-9)29-15-8(6-19)27-16(25)13(23)12(15)22/h8-17,19-25H,6-7H2,1-5H3/t8-,9-,10+,11+,12-,13-,14-,15-,16+,17+/m1/s1. The van der Waals surface area contributed by atoms with E-state index in [-0.39, 0.29) is 11.6 Å². The third-order valence-corrected chi connectivity index (χ3v) is 10.7. The van der Waals surface area contributed by atoms with E-state index in [1.54, 1.807) is 0 Å². The van der Waals surface area contributed by atoms with E-state index < -0.39 is 76.3 Å². The predicted molar refractivity (Wildman–Crippen MR) is 105 cm³/mol. The topological polar surface area (TPSA) is 179 Å². The molecule has 2 aliphatic heterocycles. The zero-order valence-electron chi connectivity index (χ0n) is 18.0. The smallest absolute Gasteiger partial charge is 0.192 e. The van der Waals surface area contributed by atoms with E-state index >= 15 is 0 Å². The van der Waals surface area contributed by atoms with Crippen molar-refractivity contribution in [3.63, 3.8) is 0 Å². The summed E-state index contributed by atoms with van der Waals surface area (Å²) in [5.41, 5.74) is 0. The second kappa shape index (κ2) is 9.73. The van der Waals surface area contributed by atoms with Gasteiger partial charge in [-0.3, -0.25) is 0 Å². The summed E-state index contributed by atoms with van der Waals surface area (Å²) in [6.45, 7) is 9.43. The fraction of sp³-hybridized carbons (Fsp3) is 1.00. The van der Waals surface area contributed by atoms with Gasteiger partial charge in [0.15, 0.2) is 20.9 Å². The molecule has 0 aromatic heterocycles. The molecule has 178 valence electrons. The molecule has 0 bridgehead atoms. The highest BCUT2D eigenvalue weighted by Gasteiger charge is 2.50. The van der Waals surface area contributed by atoms with Crippen LogP contribution in [0.1, 0.15) is 20.8 Å². The largest absolute Gasteiger partial charge is 0.414 e. The average Bonchev–Trinajstić information content (AvgIpc) is 2.66. The summed E-state index contributed by atoms with van der Waals surface area (Å²) in [6, 6.07) is 0. The van der Waals surface area contributed by atoms with Crippen LogP contribution in [-0.4, -0.2) is 119 Å². The highest BCUT2D eigenvalue weighted by Crippen LogP contribution is 2.37. The van der Waals surface area contributed by atoms with Gasteiger partial charge in [-0.2, -0.15) is 0 Å². The number of aliphatic hydroxyl groups excluding tert-OH is 7. The van der Waals surface area contributed by atoms with E-state index in [1.165, 1.54) is 0 Å². The molecular formula is C18H36O11Si. The van der Waals surface area contributed by atoms with Crippen molar-refractivity contribution in [3.8, 4) is 0 Å². The number of hydrogen-bond acceptors (Lipinski definition) is 11. The predicted octanol–water partition coefficient (Wildman–Crippen LogP) is -2.37. The van der Waals surface area contributed by atoms with Crippen LogP contribution in [0, 0.1) is 0 Å². The van der Waals surface area contributed by atoms with Crippen LogP contribution in [0.4, 0.5) is 0 Å². The number of rotatable bonds is 6. The summed E-state index contributed by atoms with van der Waals surface area (Å²) < 4.78 is 22.2. The molecule has 2 rings (SSSR count). The van der Waals surface area contributed by atoms with Crippen molar-refractivity contribution in [2.24, 2.45) is 0 Å². The minimum Gasteiger partial charge on any atom is -0.414 e. The molecule has 12 heteroatoms. The Morgan fingerprint density at radius 2 is 1.40 bits per heavy atom. The summed E-state index contributed by atoms with van der Waals surface area (Å²) in [4.78, 5) is 0. The van der Waals surface area contributed by atoms with Gasteiger partial charge in [-0.25, -0.2) is 0 Å². The van der Waals surface area contributed by atoms with Crippen LogP contribution in [0.15, 0.2) is 0 Å². The van der Waals surface area contributed by atoms with E-state index in [2.05, 4.69) is 0 Å². The Morgan fingerprint density at radius 1 is 0.800 bits per heavy atom. The normalized spacial score (nSPS) is 43.6. The molecule has 10 atom stereocenters. The Kier molecular flexibility index (Phi) is 8.44. The number of hydrogen-bond donors (Lipinski definition) is 7. The lowest BCUT2D eigenvalue weighted by molar-refractivity contribution is -0.354. The van der Waals surface area contributed by atoms with E-state index in [4.69, 9.17) is 18.6 Å². The maximum Gasteiger partial charge on any atom is 0.192 e. The quantitative estimate of drug-likeness (QED) is 0.212. The fourth-order valence-corrected chi connectivity index (χ4v) is 4.08. The minimum atomic E-state index is -2.20. The van der Waals surface area contributed by atoms with Crippen LogP contribution in [0.2, 0.25) is 18.1 Å². The van der Waals surface area contributed by atoms with Gasteiger partial charge in [0.1, 0.15) is 48.8 Å². The molecule has 30 heavy (non-hydrogen) atoms. The molecule has 0 spiro atoms. The lowest BCUT2D eigenvalue weighted by atomic mass is 9.97. The van der Waals surface area contributed by atoms with Crippen LogP contribution in [0.5, 0.6) is 0 Å². The molecule has 0 aliphatic carbocycles. The lowest BCUT2D eigenvalue weighted by Gasteiger charge is -2.46. The second-order valence-electron chi connectivity index (χ2n) is 9.42. The summed E-state index contributed by atoms with van der Waals surface area (Å²) in [5, 5.41) is 69.8. The van der Waals surface area contributed by atoms with Crippen molar-refractivity contribution in [2.45, 2.75) is 100 Å². The van der Waals surface area contributed by atoms with Gasteiger partial charge in [0.2, 0.25) is 0 Å². The van der Waals surface area contributed by atoms with E-state index in [1.807, 2.05) is 33.9 Å². The maximum absolute atomic E-state index is 10.3. The Morgan fingerprint density at radius 3 is 1.93 bits per heavy atom. The van der Waals surface area contributed by atoms with Crippen LogP contribution >= 0.6 is 0 Å². The lowest BCUT2D eigenvalue weighted by Crippen LogP contribution is -2.64. The third-order valence-electron chi connectivity index (χ3n) is 6.21. The van der Waals surface area contributed by atoms with E-state index in [0.29, 0.717) is 0 Å². The molecule has 2 heterocycles. The Hall–Kier alpha value is -0.223. The van der Waals surface area contributed by atoms with Crippen LogP contribution in [0.25, 0.3) is 0 Å². The summed E-state index contributed by atoms with van der Waals surface area (Å²) in [7, 11) is -2.20. The van der Waals surface area contributed by atoms with Crippen molar-refractivity contribution in [1.29, 1.82) is 0 Å². The first-order valence-corrected chi connectivity index (χ1v) is 12.9. The van der Waals surface area contributed by atoms with Gasteiger partial charge in [-0.05, 0) is 18.1 Å². The first kappa shape index (κ1) is 26.0.